The van der Waals surface area contributed by atoms with E-state index in [0.717, 1.165) is 10.4 Å². The lowest BCUT2D eigenvalue weighted by Crippen LogP contribution is -2.34. The summed E-state index contributed by atoms with van der Waals surface area (Å²) in [6.45, 7) is 0.539. The number of nitriles is 1. The van der Waals surface area contributed by atoms with Crippen molar-refractivity contribution in [1.82, 2.24) is 4.90 Å². The molecule has 8 heteroatoms. The molecule has 2 amide bonds. The number of fused-ring (bicyclic) bond motifs is 1. The summed E-state index contributed by atoms with van der Waals surface area (Å²) < 4.78 is 12.9. The summed E-state index contributed by atoms with van der Waals surface area (Å²) in [5.41, 5.74) is 1.86. The van der Waals surface area contributed by atoms with Crippen LogP contribution in [0.2, 0.25) is 0 Å². The van der Waals surface area contributed by atoms with Crippen molar-refractivity contribution in [1.29, 1.82) is 5.26 Å². The molecular formula is C18H14FN3O3S. The second-order valence-electron chi connectivity index (χ2n) is 5.65. The number of carbonyl (C=O) groups is 2. The molecule has 0 radical (unpaired) electrons. The number of benzene rings is 1. The third-order valence-corrected chi connectivity index (χ3v) is 5.11. The van der Waals surface area contributed by atoms with Crippen molar-refractivity contribution in [2.24, 2.45) is 0 Å². The van der Waals surface area contributed by atoms with Gasteiger partial charge in [0, 0.05) is 17.5 Å². The molecule has 1 aliphatic rings. The Kier molecular flexibility index (Phi) is 5.00. The highest BCUT2D eigenvalue weighted by atomic mass is 32.1. The Morgan fingerprint density at radius 3 is 2.73 bits per heavy atom. The highest BCUT2D eigenvalue weighted by molar-refractivity contribution is 7.16. The fourth-order valence-corrected chi connectivity index (χ4v) is 3.89. The molecule has 6 nitrogen and oxygen atoms in total. The summed E-state index contributed by atoms with van der Waals surface area (Å²) >= 11 is 1.22. The molecule has 0 saturated heterocycles. The summed E-state index contributed by atoms with van der Waals surface area (Å²) in [7, 11) is 0. The number of carbonyl (C=O) groups excluding carboxylic acids is 1. The number of amides is 2. The van der Waals surface area contributed by atoms with Gasteiger partial charge in [-0.15, -0.1) is 11.3 Å². The number of hydrogen-bond acceptors (Lipinski definition) is 4. The van der Waals surface area contributed by atoms with Gasteiger partial charge in [0.25, 0.3) is 0 Å². The zero-order valence-electron chi connectivity index (χ0n) is 13.5. The molecule has 0 aliphatic carbocycles. The van der Waals surface area contributed by atoms with Gasteiger partial charge < -0.3 is 15.3 Å². The van der Waals surface area contributed by atoms with Crippen LogP contribution < -0.4 is 5.32 Å². The zero-order valence-corrected chi connectivity index (χ0v) is 14.3. The number of hydrogen-bond donors (Lipinski definition) is 2. The average Bonchev–Trinajstić information content (AvgIpc) is 2.97. The number of carboxylic acid groups (broad SMARTS) is 1. The average molecular weight is 371 g/mol. The maximum atomic E-state index is 12.9. The summed E-state index contributed by atoms with van der Waals surface area (Å²) in [5.74, 6) is -0.774. The topological polar surface area (TPSA) is 93.4 Å². The van der Waals surface area contributed by atoms with Crippen molar-refractivity contribution in [2.45, 2.75) is 13.0 Å². The molecule has 2 heterocycles. The van der Waals surface area contributed by atoms with Crippen molar-refractivity contribution >= 4 is 34.4 Å². The Morgan fingerprint density at radius 1 is 1.35 bits per heavy atom. The van der Waals surface area contributed by atoms with Crippen LogP contribution in [0.1, 0.15) is 21.6 Å². The minimum atomic E-state index is -1.00. The molecule has 0 fully saturated rings. The number of nitrogens with one attached hydrogen (secondary N) is 1. The van der Waals surface area contributed by atoms with E-state index in [-0.39, 0.29) is 12.4 Å². The molecular weight excluding hydrogens is 357 g/mol. The molecule has 0 bridgehead atoms. The first-order valence-corrected chi connectivity index (χ1v) is 8.56. The van der Waals surface area contributed by atoms with E-state index in [1.54, 1.807) is 18.2 Å². The fraction of sp³-hybridized carbons (Fsp3) is 0.167. The highest BCUT2D eigenvalue weighted by Gasteiger charge is 2.27. The van der Waals surface area contributed by atoms with Crippen LogP contribution in [0.15, 0.2) is 30.3 Å². The van der Waals surface area contributed by atoms with E-state index in [1.165, 1.54) is 34.4 Å². The zero-order chi connectivity index (χ0) is 18.7. The lowest BCUT2D eigenvalue weighted by atomic mass is 10.0. The van der Waals surface area contributed by atoms with Gasteiger partial charge in [0.15, 0.2) is 0 Å². The Hall–Kier alpha value is -3.18. The van der Waals surface area contributed by atoms with E-state index >= 15 is 0 Å². The molecule has 1 aromatic carbocycles. The third kappa shape index (κ3) is 3.73. The lowest BCUT2D eigenvalue weighted by Gasteiger charge is -2.23. The molecule has 132 valence electrons. The van der Waals surface area contributed by atoms with Crippen LogP contribution in [-0.4, -0.2) is 28.6 Å². The van der Waals surface area contributed by atoms with E-state index in [2.05, 4.69) is 11.4 Å². The molecule has 2 aromatic rings. The highest BCUT2D eigenvalue weighted by Crippen LogP contribution is 2.36. The molecule has 0 unspecified atom stereocenters. The quantitative estimate of drug-likeness (QED) is 0.808. The minimum absolute atomic E-state index is 0.214. The summed E-state index contributed by atoms with van der Waals surface area (Å²) in [6, 6.07) is 7.79. The van der Waals surface area contributed by atoms with E-state index in [9.17, 15) is 19.2 Å². The Balaban J connectivity index is 1.75. The van der Waals surface area contributed by atoms with Crippen LogP contribution in [0.3, 0.4) is 0 Å². The van der Waals surface area contributed by atoms with Crippen LogP contribution in [0, 0.1) is 17.1 Å². The minimum Gasteiger partial charge on any atom is -0.465 e. The summed E-state index contributed by atoms with van der Waals surface area (Å²) in [4.78, 5) is 25.3. The maximum Gasteiger partial charge on any atom is 0.407 e. The number of thiophene rings is 1. The standard InChI is InChI=1S/C18H14FN3O3S/c19-12-4-1-11(2-5-12)3-6-16(23)21-17-14(9-20)13-7-8-22(18(24)25)10-15(13)26-17/h1-6H,7-8,10H2,(H,21,23)(H,24,25). The van der Waals surface area contributed by atoms with Crippen molar-refractivity contribution in [2.75, 3.05) is 11.9 Å². The first-order valence-electron chi connectivity index (χ1n) is 7.75. The first kappa shape index (κ1) is 17.6. The van der Waals surface area contributed by atoms with Gasteiger partial charge >= 0.3 is 6.09 Å². The second kappa shape index (κ2) is 7.37. The van der Waals surface area contributed by atoms with Crippen LogP contribution in [0.4, 0.5) is 14.2 Å². The fourth-order valence-electron chi connectivity index (χ4n) is 2.67. The largest absolute Gasteiger partial charge is 0.465 e. The molecule has 3 rings (SSSR count). The Bertz CT molecular complexity index is 928. The maximum absolute atomic E-state index is 12.9. The monoisotopic (exact) mass is 371 g/mol. The van der Waals surface area contributed by atoms with Crippen molar-refractivity contribution in [3.05, 3.63) is 57.7 Å². The van der Waals surface area contributed by atoms with Gasteiger partial charge in [-0.3, -0.25) is 4.79 Å². The van der Waals surface area contributed by atoms with Crippen LogP contribution in [-0.2, 0) is 17.8 Å². The van der Waals surface area contributed by atoms with E-state index < -0.39 is 12.0 Å². The lowest BCUT2D eigenvalue weighted by molar-refractivity contribution is -0.111. The van der Waals surface area contributed by atoms with Gasteiger partial charge in [-0.1, -0.05) is 12.1 Å². The molecule has 0 saturated carbocycles. The van der Waals surface area contributed by atoms with Gasteiger partial charge in [-0.2, -0.15) is 5.26 Å². The number of anilines is 1. The van der Waals surface area contributed by atoms with Gasteiger partial charge in [0.1, 0.15) is 16.9 Å². The number of nitrogens with zero attached hydrogens (tertiary/aromatic N) is 2. The Morgan fingerprint density at radius 2 is 2.08 bits per heavy atom. The van der Waals surface area contributed by atoms with Gasteiger partial charge in [0.05, 0.1) is 12.1 Å². The number of halogens is 1. The third-order valence-electron chi connectivity index (χ3n) is 3.97. The number of rotatable bonds is 3. The molecule has 1 aromatic heterocycles. The molecule has 1 aliphatic heterocycles. The van der Waals surface area contributed by atoms with Crippen molar-refractivity contribution in [3.8, 4) is 6.07 Å². The van der Waals surface area contributed by atoms with Crippen LogP contribution >= 0.6 is 11.3 Å². The van der Waals surface area contributed by atoms with Crippen molar-refractivity contribution < 1.29 is 19.1 Å². The predicted octanol–water partition coefficient (Wildman–Crippen LogP) is 3.45. The molecule has 2 N–H and O–H groups in total. The molecule has 0 atom stereocenters. The van der Waals surface area contributed by atoms with Gasteiger partial charge in [-0.05, 0) is 35.8 Å². The molecule has 26 heavy (non-hydrogen) atoms. The second-order valence-corrected chi connectivity index (χ2v) is 6.75. The molecule has 0 spiro atoms. The smallest absolute Gasteiger partial charge is 0.407 e. The summed E-state index contributed by atoms with van der Waals surface area (Å²) in [6.07, 6.45) is 2.29. The predicted molar refractivity (Wildman–Crippen MR) is 95.2 cm³/mol. The van der Waals surface area contributed by atoms with E-state index in [4.69, 9.17) is 5.11 Å². The SMILES string of the molecule is N#Cc1c(NC(=O)C=Cc2ccc(F)cc2)sc2c1CCN(C(=O)O)C2. The van der Waals surface area contributed by atoms with E-state index in [1.807, 2.05) is 0 Å². The van der Waals surface area contributed by atoms with Gasteiger partial charge in [-0.25, -0.2) is 9.18 Å². The summed E-state index contributed by atoms with van der Waals surface area (Å²) in [5, 5.41) is 21.6. The Labute approximate surface area is 152 Å². The van der Waals surface area contributed by atoms with Crippen LogP contribution in [0.5, 0.6) is 0 Å². The van der Waals surface area contributed by atoms with Crippen molar-refractivity contribution in [3.63, 3.8) is 0 Å². The van der Waals surface area contributed by atoms with E-state index in [0.29, 0.717) is 29.1 Å². The van der Waals surface area contributed by atoms with Gasteiger partial charge in [0.2, 0.25) is 5.91 Å². The first-order chi connectivity index (χ1) is 12.5. The normalized spacial score (nSPS) is 13.3. The van der Waals surface area contributed by atoms with Crippen LogP contribution in [0.25, 0.3) is 6.08 Å².